The molecule has 2 aromatic carbocycles. The zero-order valence-corrected chi connectivity index (χ0v) is 19.0. The Morgan fingerprint density at radius 1 is 0.882 bits per heavy atom. The monoisotopic (exact) mass is 465 g/mol. The molecule has 1 aromatic heterocycles. The molecule has 9 heteroatoms. The number of aliphatic hydroxyl groups excluding tert-OH is 1. The number of methoxy groups -OCH3 is 4. The van der Waals surface area contributed by atoms with Crippen LogP contribution >= 0.6 is 0 Å². The molecular weight excluding hydrogens is 442 g/mol. The second-order valence-corrected chi connectivity index (χ2v) is 7.33. The van der Waals surface area contributed by atoms with Gasteiger partial charge in [0.1, 0.15) is 29.1 Å². The minimum absolute atomic E-state index is 0.131. The maximum absolute atomic E-state index is 13.2. The lowest BCUT2D eigenvalue weighted by Gasteiger charge is -2.24. The van der Waals surface area contributed by atoms with Crippen LogP contribution in [0, 0.1) is 0 Å². The van der Waals surface area contributed by atoms with E-state index < -0.39 is 17.7 Å². The zero-order valence-electron chi connectivity index (χ0n) is 19.0. The zero-order chi connectivity index (χ0) is 24.4. The third-order valence-corrected chi connectivity index (χ3v) is 5.53. The summed E-state index contributed by atoms with van der Waals surface area (Å²) in [7, 11) is 5.91. The number of anilines is 1. The Labute approximate surface area is 195 Å². The summed E-state index contributed by atoms with van der Waals surface area (Å²) in [6.45, 7) is 0. The van der Waals surface area contributed by atoms with Crippen LogP contribution < -0.4 is 23.8 Å². The second kappa shape index (κ2) is 9.22. The van der Waals surface area contributed by atoms with E-state index in [2.05, 4.69) is 0 Å². The Bertz CT molecular complexity index is 1240. The molecule has 1 N–H and O–H groups in total. The number of benzene rings is 2. The fourth-order valence-electron chi connectivity index (χ4n) is 3.89. The standard InChI is InChI=1S/C25H23NO8/c1-30-16-11-15(12-17(13-16)31-2)26-22(19-6-5-9-34-19)21(24(28)25(26)29)23(27)14-7-8-18(32-3)20(10-14)33-4/h5-13,22,27H,1-4H3/b23-21-. The van der Waals surface area contributed by atoms with Crippen molar-refractivity contribution in [1.29, 1.82) is 0 Å². The van der Waals surface area contributed by atoms with Gasteiger partial charge in [0.05, 0.1) is 46.0 Å². The number of carbonyl (C=O) groups is 2. The van der Waals surface area contributed by atoms with Crippen LogP contribution in [-0.4, -0.2) is 45.2 Å². The van der Waals surface area contributed by atoms with Gasteiger partial charge >= 0.3 is 0 Å². The van der Waals surface area contributed by atoms with Crippen LogP contribution in [0.15, 0.2) is 64.8 Å². The van der Waals surface area contributed by atoms with E-state index in [0.717, 1.165) is 0 Å². The fraction of sp³-hybridized carbons (Fsp3) is 0.200. The third-order valence-electron chi connectivity index (χ3n) is 5.53. The molecular formula is C25H23NO8. The quantitative estimate of drug-likeness (QED) is 0.318. The summed E-state index contributed by atoms with van der Waals surface area (Å²) in [6.07, 6.45) is 1.43. The summed E-state index contributed by atoms with van der Waals surface area (Å²) < 4.78 is 26.8. The van der Waals surface area contributed by atoms with Gasteiger partial charge in [0.15, 0.2) is 11.5 Å². The number of ketones is 1. The third kappa shape index (κ3) is 3.81. The molecule has 176 valence electrons. The van der Waals surface area contributed by atoms with Crippen LogP contribution in [0.3, 0.4) is 0 Å². The molecule has 2 heterocycles. The fourth-order valence-corrected chi connectivity index (χ4v) is 3.89. The molecule has 4 rings (SSSR count). The first-order valence-corrected chi connectivity index (χ1v) is 10.2. The molecule has 0 radical (unpaired) electrons. The smallest absolute Gasteiger partial charge is 0.300 e. The van der Waals surface area contributed by atoms with Crippen molar-refractivity contribution in [3.05, 3.63) is 71.7 Å². The van der Waals surface area contributed by atoms with Crippen molar-refractivity contribution < 1.29 is 38.1 Å². The van der Waals surface area contributed by atoms with E-state index in [1.807, 2.05) is 0 Å². The highest BCUT2D eigenvalue weighted by Gasteiger charge is 2.48. The van der Waals surface area contributed by atoms with Gasteiger partial charge in [0.25, 0.3) is 11.7 Å². The number of furan rings is 1. The molecule has 0 spiro atoms. The van der Waals surface area contributed by atoms with Gasteiger partial charge in [-0.3, -0.25) is 14.5 Å². The highest BCUT2D eigenvalue weighted by atomic mass is 16.5. The first kappa shape index (κ1) is 22.8. The van der Waals surface area contributed by atoms with Gasteiger partial charge in [-0.15, -0.1) is 0 Å². The first-order valence-electron chi connectivity index (χ1n) is 10.2. The van der Waals surface area contributed by atoms with Gasteiger partial charge in [-0.1, -0.05) is 0 Å². The largest absolute Gasteiger partial charge is 0.507 e. The van der Waals surface area contributed by atoms with Gasteiger partial charge in [-0.25, -0.2) is 0 Å². The Kier molecular flexibility index (Phi) is 6.18. The van der Waals surface area contributed by atoms with E-state index in [9.17, 15) is 14.7 Å². The number of Topliss-reactive ketones (excluding diaryl/α,β-unsaturated/α-hetero) is 1. The van der Waals surface area contributed by atoms with E-state index in [-0.39, 0.29) is 16.9 Å². The summed E-state index contributed by atoms with van der Waals surface area (Å²) in [5.41, 5.74) is 0.482. The van der Waals surface area contributed by atoms with Gasteiger partial charge in [-0.2, -0.15) is 0 Å². The summed E-state index contributed by atoms with van der Waals surface area (Å²) in [5.74, 6) is -0.127. The van der Waals surface area contributed by atoms with Crippen LogP contribution in [0.1, 0.15) is 17.4 Å². The van der Waals surface area contributed by atoms with Crippen LogP contribution in [0.5, 0.6) is 23.0 Å². The van der Waals surface area contributed by atoms with Crippen molar-refractivity contribution in [3.8, 4) is 23.0 Å². The van der Waals surface area contributed by atoms with E-state index in [4.69, 9.17) is 23.4 Å². The van der Waals surface area contributed by atoms with E-state index in [0.29, 0.717) is 34.4 Å². The van der Waals surface area contributed by atoms with E-state index in [1.165, 1.54) is 45.7 Å². The molecule has 1 fully saturated rings. The topological polar surface area (TPSA) is 108 Å². The Morgan fingerprint density at radius 3 is 2.12 bits per heavy atom. The van der Waals surface area contributed by atoms with Gasteiger partial charge in [0.2, 0.25) is 0 Å². The van der Waals surface area contributed by atoms with Crippen molar-refractivity contribution in [1.82, 2.24) is 0 Å². The number of rotatable bonds is 7. The molecule has 1 aliphatic rings. The second-order valence-electron chi connectivity index (χ2n) is 7.33. The molecule has 3 aromatic rings. The summed E-state index contributed by atoms with van der Waals surface area (Å²) >= 11 is 0. The Hall–Kier alpha value is -4.40. The van der Waals surface area contributed by atoms with Crippen molar-refractivity contribution in [2.75, 3.05) is 33.3 Å². The minimum Gasteiger partial charge on any atom is -0.507 e. The van der Waals surface area contributed by atoms with Crippen LogP contribution in [0.4, 0.5) is 5.69 Å². The van der Waals surface area contributed by atoms with Gasteiger partial charge < -0.3 is 28.5 Å². The lowest BCUT2D eigenvalue weighted by atomic mass is 9.99. The number of hydrogen-bond acceptors (Lipinski definition) is 8. The molecule has 1 amide bonds. The molecule has 1 saturated heterocycles. The molecule has 9 nitrogen and oxygen atoms in total. The van der Waals surface area contributed by atoms with Crippen LogP contribution in [0.2, 0.25) is 0 Å². The number of nitrogens with zero attached hydrogens (tertiary/aromatic N) is 1. The molecule has 0 aliphatic carbocycles. The maximum atomic E-state index is 13.2. The van der Waals surface area contributed by atoms with Crippen LogP contribution in [0.25, 0.3) is 5.76 Å². The molecule has 0 saturated carbocycles. The van der Waals surface area contributed by atoms with E-state index in [1.54, 1.807) is 42.5 Å². The molecule has 0 bridgehead atoms. The number of ether oxygens (including phenoxy) is 4. The normalized spacial score (nSPS) is 17.1. The maximum Gasteiger partial charge on any atom is 0.300 e. The van der Waals surface area contributed by atoms with Crippen molar-refractivity contribution >= 4 is 23.1 Å². The minimum atomic E-state index is -1.03. The van der Waals surface area contributed by atoms with Gasteiger partial charge in [0, 0.05) is 23.8 Å². The summed E-state index contributed by atoms with van der Waals surface area (Å²) in [5, 5.41) is 11.2. The number of carbonyl (C=O) groups excluding carboxylic acids is 2. The average Bonchev–Trinajstić information content (AvgIpc) is 3.49. The summed E-state index contributed by atoms with van der Waals surface area (Å²) in [4.78, 5) is 27.7. The Balaban J connectivity index is 1.92. The predicted molar refractivity (Wildman–Crippen MR) is 123 cm³/mol. The highest BCUT2D eigenvalue weighted by molar-refractivity contribution is 6.51. The van der Waals surface area contributed by atoms with E-state index >= 15 is 0 Å². The number of aliphatic hydroxyl groups is 1. The van der Waals surface area contributed by atoms with Crippen molar-refractivity contribution in [2.45, 2.75) is 6.04 Å². The van der Waals surface area contributed by atoms with Crippen molar-refractivity contribution in [3.63, 3.8) is 0 Å². The highest BCUT2D eigenvalue weighted by Crippen LogP contribution is 2.44. The first-order chi connectivity index (χ1) is 16.4. The SMILES string of the molecule is COc1cc(OC)cc(N2C(=O)C(=O)/C(=C(\O)c3ccc(OC)c(OC)c3)C2c2ccco2)c1. The van der Waals surface area contributed by atoms with Gasteiger partial charge in [-0.05, 0) is 30.3 Å². The predicted octanol–water partition coefficient (Wildman–Crippen LogP) is 3.94. The lowest BCUT2D eigenvalue weighted by molar-refractivity contribution is -0.132. The van der Waals surface area contributed by atoms with Crippen LogP contribution in [-0.2, 0) is 9.59 Å². The Morgan fingerprint density at radius 2 is 1.56 bits per heavy atom. The number of hydrogen-bond donors (Lipinski definition) is 1. The summed E-state index contributed by atoms with van der Waals surface area (Å²) in [6, 6.07) is 11.8. The molecule has 34 heavy (non-hydrogen) atoms. The molecule has 1 atom stereocenters. The molecule has 1 unspecified atom stereocenters. The molecule has 1 aliphatic heterocycles. The average molecular weight is 465 g/mol. The van der Waals surface area contributed by atoms with Crippen molar-refractivity contribution in [2.24, 2.45) is 0 Å². The lowest BCUT2D eigenvalue weighted by Crippen LogP contribution is -2.29. The number of amides is 1.